The topological polar surface area (TPSA) is 12.0 Å². The van der Waals surface area contributed by atoms with Gasteiger partial charge in [0.1, 0.15) is 0 Å². The first-order valence-corrected chi connectivity index (χ1v) is 4.24. The molecule has 1 heteroatoms. The van der Waals surface area contributed by atoms with Gasteiger partial charge in [-0.3, -0.25) is 0 Å². The third-order valence-corrected chi connectivity index (χ3v) is 1.75. The standard InChI is InChI=1S/C8H9N.C2H6/c1-2-4-8-6-9-5-7(8)3-1;1-2/h1-4,9H,5-6H2;1-2H3. The summed E-state index contributed by atoms with van der Waals surface area (Å²) in [6.45, 7) is 6.10. The lowest BCUT2D eigenvalue weighted by atomic mass is 10.1. The number of hydrogen-bond acceptors (Lipinski definition) is 1. The molecule has 1 heterocycles. The van der Waals surface area contributed by atoms with E-state index in [9.17, 15) is 0 Å². The van der Waals surface area contributed by atoms with E-state index >= 15 is 0 Å². The number of nitrogens with one attached hydrogen (secondary N) is 1. The Labute approximate surface area is 68.4 Å². The second-order valence-corrected chi connectivity index (χ2v) is 2.37. The summed E-state index contributed by atoms with van der Waals surface area (Å²) >= 11 is 0. The van der Waals surface area contributed by atoms with Crippen molar-refractivity contribution in [2.24, 2.45) is 0 Å². The molecule has 1 nitrogen and oxygen atoms in total. The van der Waals surface area contributed by atoms with E-state index in [1.54, 1.807) is 0 Å². The van der Waals surface area contributed by atoms with Crippen LogP contribution in [0.15, 0.2) is 24.3 Å². The van der Waals surface area contributed by atoms with E-state index < -0.39 is 0 Å². The van der Waals surface area contributed by atoms with Crippen molar-refractivity contribution in [1.82, 2.24) is 5.32 Å². The second kappa shape index (κ2) is 4.14. The van der Waals surface area contributed by atoms with E-state index in [1.165, 1.54) is 11.1 Å². The molecule has 1 aliphatic heterocycles. The van der Waals surface area contributed by atoms with Gasteiger partial charge in [0.15, 0.2) is 0 Å². The Hall–Kier alpha value is -0.820. The van der Waals surface area contributed by atoms with E-state index in [4.69, 9.17) is 0 Å². The molecule has 0 bridgehead atoms. The Morgan fingerprint density at radius 1 is 1.00 bits per heavy atom. The molecular formula is C10H15N. The fraction of sp³-hybridized carbons (Fsp3) is 0.400. The highest BCUT2D eigenvalue weighted by Gasteiger charge is 2.06. The minimum atomic E-state index is 1.05. The van der Waals surface area contributed by atoms with Crippen LogP contribution >= 0.6 is 0 Å². The van der Waals surface area contributed by atoms with Crippen LogP contribution in [0.1, 0.15) is 25.0 Å². The van der Waals surface area contributed by atoms with Crippen LogP contribution < -0.4 is 5.32 Å². The molecule has 1 aliphatic rings. The maximum Gasteiger partial charge on any atom is 0.0211 e. The van der Waals surface area contributed by atoms with Crippen molar-refractivity contribution in [1.29, 1.82) is 0 Å². The van der Waals surface area contributed by atoms with E-state index in [0.29, 0.717) is 0 Å². The first kappa shape index (κ1) is 8.28. The Morgan fingerprint density at radius 2 is 1.45 bits per heavy atom. The smallest absolute Gasteiger partial charge is 0.0211 e. The minimum Gasteiger partial charge on any atom is -0.309 e. The average Bonchev–Trinajstić information content (AvgIpc) is 2.55. The number of rotatable bonds is 0. The molecular weight excluding hydrogens is 134 g/mol. The van der Waals surface area contributed by atoms with Gasteiger partial charge in [0, 0.05) is 13.1 Å². The fourth-order valence-corrected chi connectivity index (χ4v) is 1.23. The molecule has 1 N–H and O–H groups in total. The van der Waals surface area contributed by atoms with Gasteiger partial charge in [0.25, 0.3) is 0 Å². The van der Waals surface area contributed by atoms with Crippen LogP contribution in [0.4, 0.5) is 0 Å². The lowest BCUT2D eigenvalue weighted by Crippen LogP contribution is -1.99. The van der Waals surface area contributed by atoms with Gasteiger partial charge in [-0.1, -0.05) is 38.1 Å². The van der Waals surface area contributed by atoms with Gasteiger partial charge in [0.2, 0.25) is 0 Å². The summed E-state index contributed by atoms with van der Waals surface area (Å²) in [5.74, 6) is 0. The van der Waals surface area contributed by atoms with Gasteiger partial charge in [0.05, 0.1) is 0 Å². The van der Waals surface area contributed by atoms with Crippen LogP contribution in [0.25, 0.3) is 0 Å². The van der Waals surface area contributed by atoms with Gasteiger partial charge >= 0.3 is 0 Å². The van der Waals surface area contributed by atoms with Crippen molar-refractivity contribution in [3.63, 3.8) is 0 Å². The third-order valence-electron chi connectivity index (χ3n) is 1.75. The van der Waals surface area contributed by atoms with Crippen molar-refractivity contribution < 1.29 is 0 Å². The summed E-state index contributed by atoms with van der Waals surface area (Å²) in [6, 6.07) is 8.53. The Morgan fingerprint density at radius 3 is 1.91 bits per heavy atom. The second-order valence-electron chi connectivity index (χ2n) is 2.37. The first-order chi connectivity index (χ1) is 5.47. The molecule has 1 aromatic carbocycles. The molecule has 0 radical (unpaired) electrons. The van der Waals surface area contributed by atoms with Crippen molar-refractivity contribution in [3.8, 4) is 0 Å². The summed E-state index contributed by atoms with van der Waals surface area (Å²) in [5.41, 5.74) is 2.91. The quantitative estimate of drug-likeness (QED) is 0.597. The summed E-state index contributed by atoms with van der Waals surface area (Å²) < 4.78 is 0. The average molecular weight is 149 g/mol. The number of benzene rings is 1. The minimum absolute atomic E-state index is 1.05. The molecule has 0 unspecified atom stereocenters. The van der Waals surface area contributed by atoms with Crippen molar-refractivity contribution in [2.45, 2.75) is 26.9 Å². The molecule has 0 fully saturated rings. The molecule has 0 aromatic heterocycles. The molecule has 1 aromatic rings. The van der Waals surface area contributed by atoms with Crippen molar-refractivity contribution >= 4 is 0 Å². The van der Waals surface area contributed by atoms with E-state index in [1.807, 2.05) is 13.8 Å². The lowest BCUT2D eigenvalue weighted by Gasteiger charge is -1.91. The maximum atomic E-state index is 3.29. The van der Waals surface area contributed by atoms with Gasteiger partial charge < -0.3 is 5.32 Å². The van der Waals surface area contributed by atoms with Crippen molar-refractivity contribution in [2.75, 3.05) is 0 Å². The Kier molecular flexibility index (Phi) is 3.12. The predicted molar refractivity (Wildman–Crippen MR) is 48.3 cm³/mol. The largest absolute Gasteiger partial charge is 0.309 e. The summed E-state index contributed by atoms with van der Waals surface area (Å²) in [4.78, 5) is 0. The summed E-state index contributed by atoms with van der Waals surface area (Å²) in [6.07, 6.45) is 0. The fourth-order valence-electron chi connectivity index (χ4n) is 1.23. The zero-order valence-corrected chi connectivity index (χ0v) is 7.22. The van der Waals surface area contributed by atoms with E-state index in [2.05, 4.69) is 29.6 Å². The molecule has 0 spiro atoms. The zero-order chi connectivity index (χ0) is 8.10. The van der Waals surface area contributed by atoms with Crippen LogP contribution in [-0.4, -0.2) is 0 Å². The molecule has 0 saturated heterocycles. The van der Waals surface area contributed by atoms with Crippen LogP contribution in [-0.2, 0) is 13.1 Å². The molecule has 0 aliphatic carbocycles. The normalized spacial score (nSPS) is 13.3. The predicted octanol–water partition coefficient (Wildman–Crippen LogP) is 2.32. The lowest BCUT2D eigenvalue weighted by molar-refractivity contribution is 0.765. The van der Waals surface area contributed by atoms with Gasteiger partial charge in [-0.25, -0.2) is 0 Å². The molecule has 0 amide bonds. The SMILES string of the molecule is CC.c1ccc2c(c1)CNC2. The zero-order valence-electron chi connectivity index (χ0n) is 7.22. The van der Waals surface area contributed by atoms with Gasteiger partial charge in [-0.2, -0.15) is 0 Å². The molecule has 60 valence electrons. The molecule has 2 rings (SSSR count). The van der Waals surface area contributed by atoms with Crippen LogP contribution in [0.2, 0.25) is 0 Å². The molecule has 0 atom stereocenters. The van der Waals surface area contributed by atoms with Gasteiger partial charge in [-0.15, -0.1) is 0 Å². The third kappa shape index (κ3) is 1.81. The first-order valence-electron chi connectivity index (χ1n) is 4.24. The molecule has 0 saturated carbocycles. The van der Waals surface area contributed by atoms with E-state index in [0.717, 1.165) is 13.1 Å². The molecule has 11 heavy (non-hydrogen) atoms. The van der Waals surface area contributed by atoms with Crippen LogP contribution in [0, 0.1) is 0 Å². The highest BCUT2D eigenvalue weighted by Crippen LogP contribution is 2.12. The number of fused-ring (bicyclic) bond motifs is 1. The van der Waals surface area contributed by atoms with Crippen LogP contribution in [0.3, 0.4) is 0 Å². The summed E-state index contributed by atoms with van der Waals surface area (Å²) in [5, 5.41) is 3.29. The van der Waals surface area contributed by atoms with Crippen LogP contribution in [0.5, 0.6) is 0 Å². The Balaban J connectivity index is 0.000000281. The highest BCUT2D eigenvalue weighted by atomic mass is 14.9. The van der Waals surface area contributed by atoms with Gasteiger partial charge in [-0.05, 0) is 11.1 Å². The maximum absolute atomic E-state index is 3.29. The van der Waals surface area contributed by atoms with Crippen molar-refractivity contribution in [3.05, 3.63) is 35.4 Å². The highest BCUT2D eigenvalue weighted by molar-refractivity contribution is 5.29. The monoisotopic (exact) mass is 149 g/mol. The Bertz CT molecular complexity index is 195. The summed E-state index contributed by atoms with van der Waals surface area (Å²) in [7, 11) is 0. The number of hydrogen-bond donors (Lipinski definition) is 1. The van der Waals surface area contributed by atoms with E-state index in [-0.39, 0.29) is 0 Å².